The number of ether oxygens (including phenoxy) is 2. The third kappa shape index (κ3) is 3.51. The van der Waals surface area contributed by atoms with Gasteiger partial charge < -0.3 is 20.1 Å². The Morgan fingerprint density at radius 2 is 1.92 bits per heavy atom. The number of likely N-dealkylation sites (N-methyl/N-ethyl adjacent to an activating group) is 1. The molecule has 5 nitrogen and oxygen atoms in total. The maximum atomic E-state index is 12.8. The van der Waals surface area contributed by atoms with Crippen molar-refractivity contribution in [3.8, 4) is 11.5 Å². The number of hydrogen-bond donors (Lipinski definition) is 1. The Morgan fingerprint density at radius 3 is 2.67 bits per heavy atom. The number of benzene rings is 2. The van der Waals surface area contributed by atoms with Crippen molar-refractivity contribution in [2.24, 2.45) is 5.73 Å². The summed E-state index contributed by atoms with van der Waals surface area (Å²) < 4.78 is 10.7. The van der Waals surface area contributed by atoms with Gasteiger partial charge >= 0.3 is 0 Å². The van der Waals surface area contributed by atoms with Crippen LogP contribution in [0, 0.1) is 0 Å². The summed E-state index contributed by atoms with van der Waals surface area (Å²) >= 11 is 0. The molecule has 0 aromatic heterocycles. The fourth-order valence-electron chi connectivity index (χ4n) is 2.91. The Bertz CT molecular complexity index is 703. The topological polar surface area (TPSA) is 64.8 Å². The Hall–Kier alpha value is -2.53. The number of rotatable bonds is 6. The van der Waals surface area contributed by atoms with Gasteiger partial charge in [-0.05, 0) is 43.1 Å². The molecule has 1 aliphatic heterocycles. The van der Waals surface area contributed by atoms with Crippen LogP contribution >= 0.6 is 0 Å². The number of amides is 1. The number of fused-ring (bicyclic) bond motifs is 1. The maximum Gasteiger partial charge on any atom is 0.253 e. The van der Waals surface area contributed by atoms with Gasteiger partial charge in [0.15, 0.2) is 11.5 Å². The number of carbonyl (C=O) groups excluding carboxylic acids is 1. The standard InChI is InChI=1S/C19H22N2O3/c1-21(16(9-10-20)11-14-5-3-2-4-6-14)19(22)15-7-8-17-18(12-15)24-13-23-17/h2-8,12,16H,9-11,13,20H2,1H3. The summed E-state index contributed by atoms with van der Waals surface area (Å²) in [7, 11) is 1.83. The van der Waals surface area contributed by atoms with E-state index in [9.17, 15) is 4.79 Å². The smallest absolute Gasteiger partial charge is 0.253 e. The summed E-state index contributed by atoms with van der Waals surface area (Å²) in [4.78, 5) is 14.6. The van der Waals surface area contributed by atoms with Gasteiger partial charge in [-0.25, -0.2) is 0 Å². The molecule has 126 valence electrons. The maximum absolute atomic E-state index is 12.8. The summed E-state index contributed by atoms with van der Waals surface area (Å²) in [6.45, 7) is 0.739. The fraction of sp³-hybridized carbons (Fsp3) is 0.316. The highest BCUT2D eigenvalue weighted by Gasteiger charge is 2.23. The first-order valence-electron chi connectivity index (χ1n) is 8.10. The SMILES string of the molecule is CN(C(=O)c1ccc2c(c1)OCO2)C(CCN)Cc1ccccc1. The molecule has 5 heteroatoms. The Morgan fingerprint density at radius 1 is 1.17 bits per heavy atom. The van der Waals surface area contributed by atoms with Gasteiger partial charge in [-0.2, -0.15) is 0 Å². The molecule has 1 unspecified atom stereocenters. The Balaban J connectivity index is 1.76. The summed E-state index contributed by atoms with van der Waals surface area (Å²) in [5.41, 5.74) is 7.55. The van der Waals surface area contributed by atoms with Crippen LogP contribution < -0.4 is 15.2 Å². The van der Waals surface area contributed by atoms with Crippen LogP contribution in [0.15, 0.2) is 48.5 Å². The van der Waals surface area contributed by atoms with E-state index >= 15 is 0 Å². The quantitative estimate of drug-likeness (QED) is 0.885. The van der Waals surface area contributed by atoms with Crippen LogP contribution in [0.1, 0.15) is 22.3 Å². The van der Waals surface area contributed by atoms with Crippen molar-refractivity contribution in [2.75, 3.05) is 20.4 Å². The van der Waals surface area contributed by atoms with Gasteiger partial charge in [0, 0.05) is 18.7 Å². The molecule has 0 saturated carbocycles. The first-order chi connectivity index (χ1) is 11.7. The number of nitrogens with zero attached hydrogens (tertiary/aromatic N) is 1. The molecule has 1 amide bonds. The van der Waals surface area contributed by atoms with E-state index in [1.165, 1.54) is 5.56 Å². The molecular formula is C19H22N2O3. The van der Waals surface area contributed by atoms with E-state index < -0.39 is 0 Å². The summed E-state index contributed by atoms with van der Waals surface area (Å²) in [5.74, 6) is 1.26. The summed E-state index contributed by atoms with van der Waals surface area (Å²) in [6.07, 6.45) is 1.53. The van der Waals surface area contributed by atoms with E-state index in [4.69, 9.17) is 15.2 Å². The first-order valence-corrected chi connectivity index (χ1v) is 8.10. The monoisotopic (exact) mass is 326 g/mol. The molecule has 24 heavy (non-hydrogen) atoms. The van der Waals surface area contributed by atoms with E-state index in [0.29, 0.717) is 23.6 Å². The molecule has 0 bridgehead atoms. The van der Waals surface area contributed by atoms with Crippen LogP contribution in [-0.2, 0) is 6.42 Å². The molecule has 2 aromatic rings. The third-order valence-corrected chi connectivity index (χ3v) is 4.30. The lowest BCUT2D eigenvalue weighted by molar-refractivity contribution is 0.0725. The molecule has 0 radical (unpaired) electrons. The fourth-order valence-corrected chi connectivity index (χ4v) is 2.91. The molecule has 0 fully saturated rings. The molecular weight excluding hydrogens is 304 g/mol. The second kappa shape index (κ2) is 7.36. The van der Waals surface area contributed by atoms with Gasteiger partial charge in [-0.3, -0.25) is 4.79 Å². The zero-order valence-electron chi connectivity index (χ0n) is 13.8. The van der Waals surface area contributed by atoms with E-state index in [1.807, 2.05) is 25.2 Å². The van der Waals surface area contributed by atoms with Crippen LogP contribution in [-0.4, -0.2) is 37.2 Å². The second-order valence-corrected chi connectivity index (χ2v) is 5.90. The van der Waals surface area contributed by atoms with E-state index in [-0.39, 0.29) is 18.7 Å². The van der Waals surface area contributed by atoms with Crippen molar-refractivity contribution in [3.05, 3.63) is 59.7 Å². The molecule has 0 saturated heterocycles. The van der Waals surface area contributed by atoms with Gasteiger partial charge in [0.25, 0.3) is 5.91 Å². The predicted octanol–water partition coefficient (Wildman–Crippen LogP) is 2.45. The molecule has 0 spiro atoms. The zero-order chi connectivity index (χ0) is 16.9. The third-order valence-electron chi connectivity index (χ3n) is 4.30. The minimum absolute atomic E-state index is 0.0392. The summed E-state index contributed by atoms with van der Waals surface area (Å²) in [5, 5.41) is 0. The van der Waals surface area contributed by atoms with Crippen LogP contribution in [0.5, 0.6) is 11.5 Å². The zero-order valence-corrected chi connectivity index (χ0v) is 13.8. The molecule has 0 aliphatic carbocycles. The Labute approximate surface area is 142 Å². The lowest BCUT2D eigenvalue weighted by Gasteiger charge is -2.28. The Kier molecular flexibility index (Phi) is 5.01. The molecule has 2 N–H and O–H groups in total. The van der Waals surface area contributed by atoms with Crippen LogP contribution in [0.4, 0.5) is 0 Å². The highest BCUT2D eigenvalue weighted by molar-refractivity contribution is 5.95. The average Bonchev–Trinajstić information content (AvgIpc) is 3.08. The highest BCUT2D eigenvalue weighted by atomic mass is 16.7. The van der Waals surface area contributed by atoms with Gasteiger partial charge in [0.1, 0.15) is 0 Å². The number of hydrogen-bond acceptors (Lipinski definition) is 4. The minimum atomic E-state index is -0.0392. The lowest BCUT2D eigenvalue weighted by Crippen LogP contribution is -2.39. The van der Waals surface area contributed by atoms with Gasteiger partial charge in [0.2, 0.25) is 6.79 Å². The van der Waals surface area contributed by atoms with Crippen LogP contribution in [0.2, 0.25) is 0 Å². The van der Waals surface area contributed by atoms with Crippen molar-refractivity contribution in [1.82, 2.24) is 4.90 Å². The summed E-state index contributed by atoms with van der Waals surface area (Å²) in [6, 6.07) is 15.5. The lowest BCUT2D eigenvalue weighted by atomic mass is 10.0. The van der Waals surface area contributed by atoms with Crippen molar-refractivity contribution < 1.29 is 14.3 Å². The van der Waals surface area contributed by atoms with Gasteiger partial charge in [-0.1, -0.05) is 30.3 Å². The van der Waals surface area contributed by atoms with Gasteiger partial charge in [0.05, 0.1) is 0 Å². The normalized spacial score (nSPS) is 13.6. The van der Waals surface area contributed by atoms with Crippen LogP contribution in [0.25, 0.3) is 0 Å². The minimum Gasteiger partial charge on any atom is -0.454 e. The number of carbonyl (C=O) groups is 1. The molecule has 1 aliphatic rings. The second-order valence-electron chi connectivity index (χ2n) is 5.90. The van der Waals surface area contributed by atoms with Crippen LogP contribution in [0.3, 0.4) is 0 Å². The molecule has 1 atom stereocenters. The van der Waals surface area contributed by atoms with Crippen molar-refractivity contribution >= 4 is 5.91 Å². The van der Waals surface area contributed by atoms with E-state index in [2.05, 4.69) is 12.1 Å². The largest absolute Gasteiger partial charge is 0.454 e. The van der Waals surface area contributed by atoms with Crippen molar-refractivity contribution in [1.29, 1.82) is 0 Å². The first kappa shape index (κ1) is 16.3. The van der Waals surface area contributed by atoms with Gasteiger partial charge in [-0.15, -0.1) is 0 Å². The van der Waals surface area contributed by atoms with Crippen molar-refractivity contribution in [3.63, 3.8) is 0 Å². The number of nitrogens with two attached hydrogens (primary N) is 1. The highest BCUT2D eigenvalue weighted by Crippen LogP contribution is 2.33. The average molecular weight is 326 g/mol. The molecule has 1 heterocycles. The molecule has 2 aromatic carbocycles. The van der Waals surface area contributed by atoms with Crippen molar-refractivity contribution in [2.45, 2.75) is 18.9 Å². The predicted molar refractivity (Wildman–Crippen MR) is 92.3 cm³/mol. The van der Waals surface area contributed by atoms with E-state index in [1.54, 1.807) is 23.1 Å². The molecule has 3 rings (SSSR count). The van der Waals surface area contributed by atoms with E-state index in [0.717, 1.165) is 12.8 Å².